The third-order valence-electron chi connectivity index (χ3n) is 3.03. The first-order valence-corrected chi connectivity index (χ1v) is 7.39. The molecule has 1 atom stereocenters. The van der Waals surface area contributed by atoms with Crippen molar-refractivity contribution in [1.29, 1.82) is 0 Å². The van der Waals surface area contributed by atoms with Crippen LogP contribution in [0.4, 0.5) is 0 Å². The summed E-state index contributed by atoms with van der Waals surface area (Å²) in [7, 11) is 0. The summed E-state index contributed by atoms with van der Waals surface area (Å²) in [5, 5.41) is 0.993. The molecule has 0 saturated carbocycles. The molecule has 2 rings (SSSR count). The largest absolute Gasteiger partial charge is 0.381 e. The summed E-state index contributed by atoms with van der Waals surface area (Å²) in [6.07, 6.45) is 7.19. The first-order valence-electron chi connectivity index (χ1n) is 5.47. The van der Waals surface area contributed by atoms with Gasteiger partial charge in [0.2, 0.25) is 0 Å². The minimum atomic E-state index is 0.251. The third kappa shape index (κ3) is 3.05. The summed E-state index contributed by atoms with van der Waals surface area (Å²) < 4.78 is 6.66. The highest BCUT2D eigenvalue weighted by atomic mass is 79.9. The van der Waals surface area contributed by atoms with E-state index in [2.05, 4.69) is 42.9 Å². The Bertz CT molecular complexity index is 351. The van der Waals surface area contributed by atoms with Gasteiger partial charge in [-0.05, 0) is 46.8 Å². The van der Waals surface area contributed by atoms with Gasteiger partial charge in [0, 0.05) is 34.2 Å². The SMILES string of the molecule is BrCC1(Cc2cncc(Br)c2)CCCOC1. The molecule has 0 bridgehead atoms. The number of aromatic nitrogens is 1. The van der Waals surface area contributed by atoms with E-state index in [-0.39, 0.29) is 5.41 Å². The van der Waals surface area contributed by atoms with Gasteiger partial charge in [0.25, 0.3) is 0 Å². The molecule has 1 saturated heterocycles. The second kappa shape index (κ2) is 5.61. The first-order chi connectivity index (χ1) is 7.74. The molecule has 1 fully saturated rings. The lowest BCUT2D eigenvalue weighted by atomic mass is 9.79. The second-order valence-electron chi connectivity index (χ2n) is 4.48. The molecule has 0 amide bonds. The van der Waals surface area contributed by atoms with Gasteiger partial charge in [0.15, 0.2) is 0 Å². The zero-order chi connectivity index (χ0) is 11.4. The number of alkyl halides is 1. The molecular weight excluding hydrogens is 334 g/mol. The molecule has 2 nitrogen and oxygen atoms in total. The lowest BCUT2D eigenvalue weighted by Crippen LogP contribution is -2.35. The quantitative estimate of drug-likeness (QED) is 0.779. The number of rotatable bonds is 3. The molecule has 0 N–H and O–H groups in total. The van der Waals surface area contributed by atoms with Crippen LogP contribution >= 0.6 is 31.9 Å². The Labute approximate surface area is 113 Å². The summed E-state index contributed by atoms with van der Waals surface area (Å²) in [4.78, 5) is 4.21. The van der Waals surface area contributed by atoms with Crippen LogP contribution < -0.4 is 0 Å². The van der Waals surface area contributed by atoms with Gasteiger partial charge in [0.05, 0.1) is 6.61 Å². The molecule has 1 unspecified atom stereocenters. The van der Waals surface area contributed by atoms with Crippen LogP contribution in [0.25, 0.3) is 0 Å². The number of ether oxygens (including phenoxy) is 1. The zero-order valence-electron chi connectivity index (χ0n) is 9.09. The van der Waals surface area contributed by atoms with Crippen molar-refractivity contribution in [3.8, 4) is 0 Å². The van der Waals surface area contributed by atoms with Gasteiger partial charge in [-0.3, -0.25) is 4.98 Å². The lowest BCUT2D eigenvalue weighted by Gasteiger charge is -2.35. The van der Waals surface area contributed by atoms with E-state index in [1.165, 1.54) is 12.0 Å². The number of nitrogens with zero attached hydrogens (tertiary/aromatic N) is 1. The van der Waals surface area contributed by atoms with Crippen molar-refractivity contribution in [2.75, 3.05) is 18.5 Å². The fourth-order valence-corrected chi connectivity index (χ4v) is 3.24. The Kier molecular flexibility index (Phi) is 4.39. The number of hydrogen-bond donors (Lipinski definition) is 0. The molecule has 0 radical (unpaired) electrons. The molecule has 0 aliphatic carbocycles. The maximum Gasteiger partial charge on any atom is 0.0533 e. The van der Waals surface area contributed by atoms with Gasteiger partial charge >= 0.3 is 0 Å². The molecule has 1 aromatic heterocycles. The van der Waals surface area contributed by atoms with E-state index in [0.717, 1.165) is 35.9 Å². The zero-order valence-corrected chi connectivity index (χ0v) is 12.3. The standard InChI is InChI=1S/C12H15Br2NO/c13-8-12(2-1-3-16-9-12)5-10-4-11(14)7-15-6-10/h4,6-7H,1-3,5,8-9H2. The van der Waals surface area contributed by atoms with Crippen LogP contribution in [0.2, 0.25) is 0 Å². The maximum absolute atomic E-state index is 5.62. The maximum atomic E-state index is 5.62. The number of hydrogen-bond acceptors (Lipinski definition) is 2. The van der Waals surface area contributed by atoms with Crippen molar-refractivity contribution in [1.82, 2.24) is 4.98 Å². The summed E-state index contributed by atoms with van der Waals surface area (Å²) >= 11 is 7.09. The first kappa shape index (κ1) is 12.5. The molecule has 1 aliphatic heterocycles. The normalized spacial score (nSPS) is 25.6. The highest BCUT2D eigenvalue weighted by molar-refractivity contribution is 9.10. The van der Waals surface area contributed by atoms with Gasteiger partial charge in [0.1, 0.15) is 0 Å². The van der Waals surface area contributed by atoms with E-state index in [4.69, 9.17) is 4.74 Å². The molecule has 4 heteroatoms. The van der Waals surface area contributed by atoms with E-state index in [1.54, 1.807) is 0 Å². The Morgan fingerprint density at radius 2 is 2.31 bits per heavy atom. The van der Waals surface area contributed by atoms with E-state index < -0.39 is 0 Å². The Hall–Kier alpha value is 0.0700. The minimum Gasteiger partial charge on any atom is -0.381 e. The second-order valence-corrected chi connectivity index (χ2v) is 5.95. The summed E-state index contributed by atoms with van der Waals surface area (Å²) in [6, 6.07) is 2.14. The van der Waals surface area contributed by atoms with Gasteiger partial charge in [-0.1, -0.05) is 15.9 Å². The van der Waals surface area contributed by atoms with Crippen molar-refractivity contribution in [3.63, 3.8) is 0 Å². The van der Waals surface area contributed by atoms with E-state index in [9.17, 15) is 0 Å². The highest BCUT2D eigenvalue weighted by Crippen LogP contribution is 2.34. The smallest absolute Gasteiger partial charge is 0.0533 e. The molecule has 1 aromatic rings. The van der Waals surface area contributed by atoms with Crippen LogP contribution in [-0.4, -0.2) is 23.5 Å². The van der Waals surface area contributed by atoms with E-state index in [0.29, 0.717) is 0 Å². The molecule has 0 aromatic carbocycles. The lowest BCUT2D eigenvalue weighted by molar-refractivity contribution is 0.00611. The van der Waals surface area contributed by atoms with Crippen molar-refractivity contribution in [2.24, 2.45) is 5.41 Å². The average molecular weight is 349 g/mol. The highest BCUT2D eigenvalue weighted by Gasteiger charge is 2.32. The summed E-state index contributed by atoms with van der Waals surface area (Å²) in [5.74, 6) is 0. The predicted molar refractivity (Wildman–Crippen MR) is 71.9 cm³/mol. The number of pyridine rings is 1. The molecule has 88 valence electrons. The average Bonchev–Trinajstić information content (AvgIpc) is 2.30. The molecule has 0 spiro atoms. The third-order valence-corrected chi connectivity index (χ3v) is 4.65. The van der Waals surface area contributed by atoms with Crippen molar-refractivity contribution >= 4 is 31.9 Å². The van der Waals surface area contributed by atoms with Crippen LogP contribution in [0.3, 0.4) is 0 Å². The van der Waals surface area contributed by atoms with Gasteiger partial charge in [-0.15, -0.1) is 0 Å². The Morgan fingerprint density at radius 3 is 2.94 bits per heavy atom. The molecule has 2 heterocycles. The van der Waals surface area contributed by atoms with Crippen molar-refractivity contribution < 1.29 is 4.74 Å². The fraction of sp³-hybridized carbons (Fsp3) is 0.583. The van der Waals surface area contributed by atoms with Crippen molar-refractivity contribution in [2.45, 2.75) is 19.3 Å². The predicted octanol–water partition coefficient (Wildman–Crippen LogP) is 3.58. The minimum absolute atomic E-state index is 0.251. The summed E-state index contributed by atoms with van der Waals surface area (Å²) in [5.41, 5.74) is 1.53. The van der Waals surface area contributed by atoms with Gasteiger partial charge in [-0.2, -0.15) is 0 Å². The van der Waals surface area contributed by atoms with Crippen LogP contribution in [0.5, 0.6) is 0 Å². The Morgan fingerprint density at radius 1 is 1.44 bits per heavy atom. The van der Waals surface area contributed by atoms with Crippen LogP contribution in [0, 0.1) is 5.41 Å². The van der Waals surface area contributed by atoms with Crippen LogP contribution in [0.1, 0.15) is 18.4 Å². The topological polar surface area (TPSA) is 22.1 Å². The van der Waals surface area contributed by atoms with Crippen molar-refractivity contribution in [3.05, 3.63) is 28.5 Å². The molecular formula is C12H15Br2NO. The molecule has 16 heavy (non-hydrogen) atoms. The van der Waals surface area contributed by atoms with Gasteiger partial charge in [-0.25, -0.2) is 0 Å². The fourth-order valence-electron chi connectivity index (χ4n) is 2.19. The van der Waals surface area contributed by atoms with Crippen LogP contribution in [-0.2, 0) is 11.2 Å². The van der Waals surface area contributed by atoms with E-state index in [1.807, 2.05) is 12.4 Å². The van der Waals surface area contributed by atoms with E-state index >= 15 is 0 Å². The monoisotopic (exact) mass is 347 g/mol. The molecule has 1 aliphatic rings. The number of halogens is 2. The van der Waals surface area contributed by atoms with Crippen LogP contribution in [0.15, 0.2) is 22.9 Å². The summed E-state index contributed by atoms with van der Waals surface area (Å²) in [6.45, 7) is 1.76. The van der Waals surface area contributed by atoms with Gasteiger partial charge < -0.3 is 4.74 Å². The Balaban J connectivity index is 2.11.